The van der Waals surface area contributed by atoms with Crippen molar-refractivity contribution in [1.82, 2.24) is 15.0 Å². The van der Waals surface area contributed by atoms with Gasteiger partial charge in [0.15, 0.2) is 6.29 Å². The van der Waals surface area contributed by atoms with Crippen LogP contribution in [0.5, 0.6) is 0 Å². The van der Waals surface area contributed by atoms with E-state index in [0.717, 1.165) is 24.9 Å². The Balaban J connectivity index is 2.29. The largest absolute Gasteiger partial charge is 0.296 e. The van der Waals surface area contributed by atoms with Gasteiger partial charge in [0.05, 0.1) is 5.69 Å². The third-order valence-corrected chi connectivity index (χ3v) is 2.84. The van der Waals surface area contributed by atoms with Gasteiger partial charge in [-0.3, -0.25) is 4.79 Å². The van der Waals surface area contributed by atoms with Crippen molar-refractivity contribution in [3.63, 3.8) is 0 Å². The van der Waals surface area contributed by atoms with Crippen molar-refractivity contribution in [3.05, 3.63) is 11.4 Å². The van der Waals surface area contributed by atoms with Crippen LogP contribution in [-0.2, 0) is 6.54 Å². The topological polar surface area (TPSA) is 47.8 Å². The number of aldehydes is 1. The second kappa shape index (κ2) is 3.90. The lowest BCUT2D eigenvalue weighted by Crippen LogP contribution is -2.16. The van der Waals surface area contributed by atoms with Crippen LogP contribution in [0.25, 0.3) is 0 Å². The van der Waals surface area contributed by atoms with E-state index in [1.165, 1.54) is 19.3 Å². The molecule has 0 unspecified atom stereocenters. The zero-order valence-corrected chi connectivity index (χ0v) is 8.44. The Bertz CT molecular complexity index is 328. The summed E-state index contributed by atoms with van der Waals surface area (Å²) in [6, 6.07) is 0. The van der Waals surface area contributed by atoms with Crippen LogP contribution in [0.15, 0.2) is 0 Å². The average molecular weight is 193 g/mol. The number of aryl methyl sites for hydroxylation is 1. The predicted octanol–water partition coefficient (Wildman–Crippen LogP) is 1.77. The van der Waals surface area contributed by atoms with Gasteiger partial charge < -0.3 is 0 Å². The molecule has 0 bridgehead atoms. The highest BCUT2D eigenvalue weighted by atomic mass is 16.1. The number of rotatable bonds is 4. The van der Waals surface area contributed by atoms with Gasteiger partial charge in [0.2, 0.25) is 0 Å². The number of hydrogen-bond donors (Lipinski definition) is 0. The van der Waals surface area contributed by atoms with Gasteiger partial charge in [0.1, 0.15) is 5.69 Å². The minimum atomic E-state index is 0.525. The average Bonchev–Trinajstić information content (AvgIpc) is 2.47. The van der Waals surface area contributed by atoms with Crippen molar-refractivity contribution < 1.29 is 4.79 Å². The Morgan fingerprint density at radius 1 is 1.57 bits per heavy atom. The van der Waals surface area contributed by atoms with E-state index < -0.39 is 0 Å². The number of carbonyl (C=O) groups is 1. The molecule has 0 aromatic carbocycles. The Hall–Kier alpha value is -1.19. The van der Waals surface area contributed by atoms with E-state index >= 15 is 0 Å². The maximum atomic E-state index is 10.8. The zero-order chi connectivity index (χ0) is 9.97. The van der Waals surface area contributed by atoms with E-state index in [2.05, 4.69) is 17.2 Å². The summed E-state index contributed by atoms with van der Waals surface area (Å²) in [5.41, 5.74) is 1.61. The Kier molecular flexibility index (Phi) is 2.61. The second-order valence-electron chi connectivity index (χ2n) is 3.83. The highest BCUT2D eigenvalue weighted by molar-refractivity contribution is 5.73. The molecule has 0 radical (unpaired) electrons. The molecule has 14 heavy (non-hydrogen) atoms. The van der Waals surface area contributed by atoms with Crippen molar-refractivity contribution in [3.8, 4) is 0 Å². The molecule has 0 aliphatic heterocycles. The summed E-state index contributed by atoms with van der Waals surface area (Å²) in [7, 11) is 0. The monoisotopic (exact) mass is 193 g/mol. The summed E-state index contributed by atoms with van der Waals surface area (Å²) < 4.78 is 1.90. The van der Waals surface area contributed by atoms with Gasteiger partial charge in [-0.05, 0) is 19.3 Å². The summed E-state index contributed by atoms with van der Waals surface area (Å²) in [5, 5.41) is 7.92. The van der Waals surface area contributed by atoms with Crippen LogP contribution in [0.1, 0.15) is 54.7 Å². The highest BCUT2D eigenvalue weighted by Crippen LogP contribution is 2.37. The smallest absolute Gasteiger partial charge is 0.172 e. The molecule has 1 aromatic rings. The summed E-state index contributed by atoms with van der Waals surface area (Å²) in [6.07, 6.45) is 5.48. The van der Waals surface area contributed by atoms with E-state index in [1.807, 2.05) is 4.68 Å². The van der Waals surface area contributed by atoms with Gasteiger partial charge in [-0.15, -0.1) is 5.10 Å². The van der Waals surface area contributed by atoms with Crippen LogP contribution in [-0.4, -0.2) is 21.3 Å². The van der Waals surface area contributed by atoms with E-state index in [0.29, 0.717) is 11.6 Å². The Labute approximate surface area is 83.3 Å². The molecule has 0 atom stereocenters. The fourth-order valence-electron chi connectivity index (χ4n) is 1.90. The van der Waals surface area contributed by atoms with Crippen LogP contribution >= 0.6 is 0 Å². The number of hydrogen-bond acceptors (Lipinski definition) is 3. The van der Waals surface area contributed by atoms with Crippen molar-refractivity contribution in [2.24, 2.45) is 0 Å². The van der Waals surface area contributed by atoms with Gasteiger partial charge in [-0.1, -0.05) is 18.6 Å². The SMILES string of the molecule is CCCn1nnc(C=O)c1C1CCC1. The first-order chi connectivity index (χ1) is 6.86. The van der Waals surface area contributed by atoms with Crippen molar-refractivity contribution in [2.45, 2.75) is 45.1 Å². The van der Waals surface area contributed by atoms with Crippen LogP contribution < -0.4 is 0 Å². The second-order valence-corrected chi connectivity index (χ2v) is 3.83. The summed E-state index contributed by atoms with van der Waals surface area (Å²) in [5.74, 6) is 0.525. The molecule has 76 valence electrons. The van der Waals surface area contributed by atoms with Crippen molar-refractivity contribution in [1.29, 1.82) is 0 Å². The van der Waals surface area contributed by atoms with E-state index in [4.69, 9.17) is 0 Å². The van der Waals surface area contributed by atoms with Crippen molar-refractivity contribution >= 4 is 6.29 Å². The van der Waals surface area contributed by atoms with Crippen molar-refractivity contribution in [2.75, 3.05) is 0 Å². The molecular formula is C10H15N3O. The lowest BCUT2D eigenvalue weighted by molar-refractivity contribution is 0.111. The highest BCUT2D eigenvalue weighted by Gasteiger charge is 2.27. The molecule has 1 aliphatic rings. The van der Waals surface area contributed by atoms with Gasteiger partial charge in [-0.2, -0.15) is 0 Å². The first-order valence-corrected chi connectivity index (χ1v) is 5.25. The molecule has 1 saturated carbocycles. The Morgan fingerprint density at radius 2 is 2.36 bits per heavy atom. The van der Waals surface area contributed by atoms with Gasteiger partial charge in [0.25, 0.3) is 0 Å². The van der Waals surface area contributed by atoms with E-state index in [9.17, 15) is 4.79 Å². The van der Waals surface area contributed by atoms with Crippen LogP contribution in [0, 0.1) is 0 Å². The first kappa shape index (κ1) is 9.37. The fraction of sp³-hybridized carbons (Fsp3) is 0.700. The maximum Gasteiger partial charge on any atom is 0.172 e. The third-order valence-electron chi connectivity index (χ3n) is 2.84. The molecule has 1 heterocycles. The zero-order valence-electron chi connectivity index (χ0n) is 8.44. The molecule has 1 aromatic heterocycles. The number of carbonyl (C=O) groups excluding carboxylic acids is 1. The van der Waals surface area contributed by atoms with Crippen LogP contribution in [0.2, 0.25) is 0 Å². The summed E-state index contributed by atoms with van der Waals surface area (Å²) in [4.78, 5) is 10.8. The lowest BCUT2D eigenvalue weighted by Gasteiger charge is -2.25. The standard InChI is InChI=1S/C10H15N3O/c1-2-6-13-10(8-4-3-5-8)9(7-14)11-12-13/h7-8H,2-6H2,1H3. The minimum absolute atomic E-state index is 0.525. The molecule has 0 amide bonds. The molecule has 4 heteroatoms. The van der Waals surface area contributed by atoms with E-state index in [-0.39, 0.29) is 0 Å². The van der Waals surface area contributed by atoms with Crippen LogP contribution in [0.3, 0.4) is 0 Å². The normalized spacial score (nSPS) is 16.6. The molecule has 1 aliphatic carbocycles. The molecule has 0 saturated heterocycles. The Morgan fingerprint density at radius 3 is 2.86 bits per heavy atom. The molecular weight excluding hydrogens is 178 g/mol. The molecule has 4 nitrogen and oxygen atoms in total. The van der Waals surface area contributed by atoms with E-state index in [1.54, 1.807) is 0 Å². The molecule has 0 spiro atoms. The van der Waals surface area contributed by atoms with Gasteiger partial charge >= 0.3 is 0 Å². The first-order valence-electron chi connectivity index (χ1n) is 5.25. The summed E-state index contributed by atoms with van der Waals surface area (Å²) >= 11 is 0. The quantitative estimate of drug-likeness (QED) is 0.685. The maximum absolute atomic E-state index is 10.8. The molecule has 0 N–H and O–H groups in total. The number of aromatic nitrogens is 3. The van der Waals surface area contributed by atoms with Gasteiger partial charge in [-0.25, -0.2) is 4.68 Å². The lowest BCUT2D eigenvalue weighted by atomic mass is 9.82. The summed E-state index contributed by atoms with van der Waals surface area (Å²) in [6.45, 7) is 2.97. The molecule has 2 rings (SSSR count). The minimum Gasteiger partial charge on any atom is -0.296 e. The van der Waals surface area contributed by atoms with Gasteiger partial charge in [0, 0.05) is 12.5 Å². The molecule has 1 fully saturated rings. The van der Waals surface area contributed by atoms with Crippen LogP contribution in [0.4, 0.5) is 0 Å². The number of nitrogens with zero attached hydrogens (tertiary/aromatic N) is 3. The predicted molar refractivity (Wildman–Crippen MR) is 52.3 cm³/mol. The third kappa shape index (κ3) is 1.45. The fourth-order valence-corrected chi connectivity index (χ4v) is 1.90.